The van der Waals surface area contributed by atoms with Gasteiger partial charge in [-0.15, -0.1) is 0 Å². The van der Waals surface area contributed by atoms with Gasteiger partial charge in [0.2, 0.25) is 5.91 Å². The second-order valence-electron chi connectivity index (χ2n) is 2.66. The minimum Gasteiger partial charge on any atom is -0.351 e. The highest BCUT2D eigenvalue weighted by Crippen LogP contribution is 1.94. The van der Waals surface area contributed by atoms with Crippen LogP contribution in [-0.4, -0.2) is 5.91 Å². The molecule has 1 radical (unpaired) electrons. The zero-order valence-electron chi connectivity index (χ0n) is 7.52. The van der Waals surface area contributed by atoms with Crippen LogP contribution in [0.15, 0.2) is 0 Å². The van der Waals surface area contributed by atoms with Gasteiger partial charge in [-0.2, -0.15) is 0 Å². The van der Waals surface area contributed by atoms with Gasteiger partial charge in [0.1, 0.15) is 0 Å². The van der Waals surface area contributed by atoms with E-state index in [4.69, 9.17) is 0 Å². The van der Waals surface area contributed by atoms with Gasteiger partial charge in [0.15, 0.2) is 0 Å². The lowest BCUT2D eigenvalue weighted by molar-refractivity contribution is -0.120. The monoisotopic (exact) mass is 156 g/mol. The zero-order valence-corrected chi connectivity index (χ0v) is 7.52. The highest BCUT2D eigenvalue weighted by Gasteiger charge is 1.97. The van der Waals surface area contributed by atoms with E-state index in [0.29, 0.717) is 6.42 Å². The first-order valence-corrected chi connectivity index (χ1v) is 4.42. The summed E-state index contributed by atoms with van der Waals surface area (Å²) in [5, 5.41) is 2.75. The van der Waals surface area contributed by atoms with Crippen molar-refractivity contribution in [2.45, 2.75) is 46.0 Å². The Balaban J connectivity index is 3.09. The first-order chi connectivity index (χ1) is 5.31. The third-order valence-electron chi connectivity index (χ3n) is 1.45. The number of carbonyl (C=O) groups excluding carboxylic acids is 1. The fourth-order valence-electron chi connectivity index (χ4n) is 0.740. The topological polar surface area (TPSA) is 29.1 Å². The van der Waals surface area contributed by atoms with Crippen LogP contribution in [0.2, 0.25) is 0 Å². The smallest absolute Gasteiger partial charge is 0.220 e. The van der Waals surface area contributed by atoms with Gasteiger partial charge >= 0.3 is 0 Å². The Bertz CT molecular complexity index is 102. The molecule has 2 heteroatoms. The molecule has 0 aromatic heterocycles. The lowest BCUT2D eigenvalue weighted by Gasteiger charge is -2.01. The van der Waals surface area contributed by atoms with Crippen LogP contribution in [0, 0.1) is 6.54 Å². The molecule has 0 spiro atoms. The van der Waals surface area contributed by atoms with Crippen LogP contribution in [0.3, 0.4) is 0 Å². The molecule has 0 rings (SSSR count). The molecule has 1 N–H and O–H groups in total. The van der Waals surface area contributed by atoms with Gasteiger partial charge in [-0.25, -0.2) is 0 Å². The summed E-state index contributed by atoms with van der Waals surface area (Å²) in [4.78, 5) is 10.9. The number of hydrogen-bond donors (Lipinski definition) is 1. The summed E-state index contributed by atoms with van der Waals surface area (Å²) in [7, 11) is 0. The van der Waals surface area contributed by atoms with Crippen molar-refractivity contribution in [1.82, 2.24) is 5.32 Å². The van der Waals surface area contributed by atoms with Crippen LogP contribution >= 0.6 is 0 Å². The fraction of sp³-hybridized carbons (Fsp3) is 0.778. The highest BCUT2D eigenvalue weighted by molar-refractivity contribution is 5.76. The number of amides is 1. The van der Waals surface area contributed by atoms with Crippen molar-refractivity contribution < 1.29 is 4.79 Å². The molecule has 0 aliphatic heterocycles. The minimum atomic E-state index is 0.153. The summed E-state index contributed by atoms with van der Waals surface area (Å²) in [6, 6.07) is 0. The molecule has 0 heterocycles. The molecule has 0 aliphatic carbocycles. The van der Waals surface area contributed by atoms with Gasteiger partial charge < -0.3 is 5.32 Å². The van der Waals surface area contributed by atoms with Crippen LogP contribution < -0.4 is 5.32 Å². The van der Waals surface area contributed by atoms with E-state index in [1.54, 1.807) is 0 Å². The van der Waals surface area contributed by atoms with Crippen LogP contribution in [0.4, 0.5) is 0 Å². The van der Waals surface area contributed by atoms with Crippen LogP contribution in [0.1, 0.15) is 46.0 Å². The summed E-state index contributed by atoms with van der Waals surface area (Å²) in [5.74, 6) is 0.153. The van der Waals surface area contributed by atoms with E-state index in [-0.39, 0.29) is 5.91 Å². The summed E-state index contributed by atoms with van der Waals surface area (Å²) < 4.78 is 0. The van der Waals surface area contributed by atoms with E-state index in [1.165, 1.54) is 0 Å². The standard InChI is InChI=1S/C9H18NO/c1-3-5-7-9(11)10-8-6-4-2/h8H,3-7H2,1-2H3,(H,10,11). The SMILES string of the molecule is CCC[CH]NC(=O)CCCC. The molecule has 0 aromatic rings. The predicted molar refractivity (Wildman–Crippen MR) is 46.9 cm³/mol. The van der Waals surface area contributed by atoms with Gasteiger partial charge in [0.05, 0.1) is 0 Å². The van der Waals surface area contributed by atoms with Gasteiger partial charge in [-0.05, 0) is 12.8 Å². The van der Waals surface area contributed by atoms with Gasteiger partial charge in [0.25, 0.3) is 0 Å². The highest BCUT2D eigenvalue weighted by atomic mass is 16.1. The van der Waals surface area contributed by atoms with E-state index in [9.17, 15) is 4.79 Å². The molecule has 0 atom stereocenters. The van der Waals surface area contributed by atoms with E-state index < -0.39 is 0 Å². The molecular weight excluding hydrogens is 138 g/mol. The Hall–Kier alpha value is -0.530. The van der Waals surface area contributed by atoms with Crippen molar-refractivity contribution in [3.05, 3.63) is 6.54 Å². The lowest BCUT2D eigenvalue weighted by atomic mass is 10.2. The quantitative estimate of drug-likeness (QED) is 0.587. The van der Waals surface area contributed by atoms with Crippen LogP contribution in [0.5, 0.6) is 0 Å². The number of carbonyl (C=O) groups is 1. The fourth-order valence-corrected chi connectivity index (χ4v) is 0.740. The Morgan fingerprint density at radius 1 is 1.36 bits per heavy atom. The first kappa shape index (κ1) is 10.5. The molecule has 0 fully saturated rings. The molecule has 0 bridgehead atoms. The number of unbranched alkanes of at least 4 members (excludes halogenated alkanes) is 2. The summed E-state index contributed by atoms with van der Waals surface area (Å²) in [6.07, 6.45) is 4.80. The van der Waals surface area contributed by atoms with E-state index in [1.807, 2.05) is 6.54 Å². The first-order valence-electron chi connectivity index (χ1n) is 4.42. The molecule has 0 saturated heterocycles. The van der Waals surface area contributed by atoms with Crippen LogP contribution in [-0.2, 0) is 4.79 Å². The number of rotatable bonds is 6. The molecule has 0 aromatic carbocycles. The van der Waals surface area contributed by atoms with E-state index in [2.05, 4.69) is 19.2 Å². The predicted octanol–water partition coefficient (Wildman–Crippen LogP) is 2.25. The Kier molecular flexibility index (Phi) is 7.21. The maximum atomic E-state index is 10.9. The molecule has 1 amide bonds. The van der Waals surface area contributed by atoms with Gasteiger partial charge in [0, 0.05) is 13.0 Å². The maximum absolute atomic E-state index is 10.9. The van der Waals surface area contributed by atoms with E-state index >= 15 is 0 Å². The number of hydrogen-bond acceptors (Lipinski definition) is 1. The maximum Gasteiger partial charge on any atom is 0.220 e. The Morgan fingerprint density at radius 2 is 2.09 bits per heavy atom. The van der Waals surface area contributed by atoms with Gasteiger partial charge in [-0.3, -0.25) is 4.79 Å². The van der Waals surface area contributed by atoms with Crippen LogP contribution in [0.25, 0.3) is 0 Å². The van der Waals surface area contributed by atoms with Crippen molar-refractivity contribution in [3.63, 3.8) is 0 Å². The van der Waals surface area contributed by atoms with E-state index in [0.717, 1.165) is 25.7 Å². The average molecular weight is 156 g/mol. The third kappa shape index (κ3) is 7.37. The molecule has 11 heavy (non-hydrogen) atoms. The normalized spacial score (nSPS) is 9.64. The average Bonchev–Trinajstić information content (AvgIpc) is 2.01. The van der Waals surface area contributed by atoms with Crippen molar-refractivity contribution in [2.24, 2.45) is 0 Å². The summed E-state index contributed by atoms with van der Waals surface area (Å²) in [6.45, 7) is 6.02. The molecule has 2 nitrogen and oxygen atoms in total. The zero-order chi connectivity index (χ0) is 8.53. The van der Waals surface area contributed by atoms with Crippen molar-refractivity contribution in [2.75, 3.05) is 0 Å². The molecular formula is C9H18NO. The largest absolute Gasteiger partial charge is 0.351 e. The number of nitrogens with one attached hydrogen (secondary N) is 1. The molecule has 65 valence electrons. The molecule has 0 saturated carbocycles. The summed E-state index contributed by atoms with van der Waals surface area (Å²) in [5.41, 5.74) is 0. The molecule has 0 aliphatic rings. The Morgan fingerprint density at radius 3 is 2.64 bits per heavy atom. The van der Waals surface area contributed by atoms with Crippen molar-refractivity contribution in [3.8, 4) is 0 Å². The summed E-state index contributed by atoms with van der Waals surface area (Å²) >= 11 is 0. The van der Waals surface area contributed by atoms with Crippen molar-refractivity contribution >= 4 is 5.91 Å². The Labute approximate surface area is 69.4 Å². The second-order valence-corrected chi connectivity index (χ2v) is 2.66. The van der Waals surface area contributed by atoms with Crippen molar-refractivity contribution in [1.29, 1.82) is 0 Å². The molecule has 0 unspecified atom stereocenters. The second kappa shape index (κ2) is 7.58. The van der Waals surface area contributed by atoms with Gasteiger partial charge in [-0.1, -0.05) is 26.7 Å². The lowest BCUT2D eigenvalue weighted by Crippen LogP contribution is -2.19. The minimum absolute atomic E-state index is 0.153. The third-order valence-corrected chi connectivity index (χ3v) is 1.45.